The Morgan fingerprint density at radius 1 is 1.37 bits per heavy atom. The third kappa shape index (κ3) is 3.77. The third-order valence-electron chi connectivity index (χ3n) is 2.22. The van der Waals surface area contributed by atoms with Crippen molar-refractivity contribution in [2.24, 2.45) is 0 Å². The second-order valence-electron chi connectivity index (χ2n) is 3.91. The molecule has 0 saturated heterocycles. The summed E-state index contributed by atoms with van der Waals surface area (Å²) in [6.07, 6.45) is 0.977. The van der Waals surface area contributed by atoms with E-state index in [1.807, 2.05) is 0 Å². The molecule has 1 aromatic rings. The Kier molecular flexibility index (Phi) is 4.70. The fraction of sp³-hybridized carbons (Fsp3) is 0.455. The van der Waals surface area contributed by atoms with Gasteiger partial charge in [-0.3, -0.25) is 9.52 Å². The van der Waals surface area contributed by atoms with Crippen LogP contribution in [0.1, 0.15) is 39.4 Å². The molecule has 0 unspecified atom stereocenters. The van der Waals surface area contributed by atoms with Crippen molar-refractivity contribution < 1.29 is 22.7 Å². The Labute approximate surface area is 115 Å². The van der Waals surface area contributed by atoms with Gasteiger partial charge in [0.15, 0.2) is 5.78 Å². The van der Waals surface area contributed by atoms with Crippen LogP contribution in [0.25, 0.3) is 0 Å². The highest BCUT2D eigenvalue weighted by atomic mass is 32.2. The molecule has 19 heavy (non-hydrogen) atoms. The lowest BCUT2D eigenvalue weighted by Crippen LogP contribution is -2.13. The predicted octanol–water partition coefficient (Wildman–Crippen LogP) is 1.81. The number of ketones is 1. The van der Waals surface area contributed by atoms with E-state index < -0.39 is 16.0 Å². The van der Waals surface area contributed by atoms with Crippen molar-refractivity contribution in [2.75, 3.05) is 17.6 Å². The standard InChI is InChI=1S/C11H15NO5S2/c1-5-17-11(14)8-6(2)9(7(3)13)18-10(8)12-19(4,15)16/h12H,5H2,1-4H3. The summed E-state index contributed by atoms with van der Waals surface area (Å²) in [6, 6.07) is 0. The van der Waals surface area contributed by atoms with Gasteiger partial charge >= 0.3 is 5.97 Å². The fourth-order valence-corrected chi connectivity index (χ4v) is 3.54. The highest BCUT2D eigenvalue weighted by molar-refractivity contribution is 7.92. The Balaban J connectivity index is 3.39. The van der Waals surface area contributed by atoms with Crippen LogP contribution in [0.2, 0.25) is 0 Å². The lowest BCUT2D eigenvalue weighted by Gasteiger charge is -2.05. The maximum absolute atomic E-state index is 11.8. The number of anilines is 1. The van der Waals surface area contributed by atoms with E-state index >= 15 is 0 Å². The zero-order valence-corrected chi connectivity index (χ0v) is 12.7. The number of thiophene rings is 1. The molecule has 8 heteroatoms. The molecule has 1 rings (SSSR count). The molecule has 0 aliphatic carbocycles. The van der Waals surface area contributed by atoms with Crippen LogP contribution in [0, 0.1) is 6.92 Å². The molecule has 0 bridgehead atoms. The van der Waals surface area contributed by atoms with Crippen molar-refractivity contribution in [1.82, 2.24) is 0 Å². The van der Waals surface area contributed by atoms with Crippen molar-refractivity contribution in [2.45, 2.75) is 20.8 Å². The highest BCUT2D eigenvalue weighted by Crippen LogP contribution is 2.34. The predicted molar refractivity (Wildman–Crippen MR) is 73.5 cm³/mol. The molecule has 0 spiro atoms. The first-order valence-electron chi connectivity index (χ1n) is 5.46. The number of hydrogen-bond acceptors (Lipinski definition) is 6. The van der Waals surface area contributed by atoms with E-state index in [4.69, 9.17) is 4.74 Å². The van der Waals surface area contributed by atoms with E-state index in [1.165, 1.54) is 6.92 Å². The SMILES string of the molecule is CCOC(=O)c1c(NS(C)(=O)=O)sc(C(C)=O)c1C. The third-order valence-corrected chi connectivity index (χ3v) is 4.24. The van der Waals surface area contributed by atoms with Gasteiger partial charge in [0.2, 0.25) is 10.0 Å². The molecule has 0 aliphatic rings. The lowest BCUT2D eigenvalue weighted by molar-refractivity contribution is 0.0527. The molecule has 1 aromatic heterocycles. The summed E-state index contributed by atoms with van der Waals surface area (Å²) in [7, 11) is -3.54. The van der Waals surface area contributed by atoms with Crippen LogP contribution in [0.3, 0.4) is 0 Å². The number of ether oxygens (including phenoxy) is 1. The molecule has 106 valence electrons. The molecule has 1 N–H and O–H groups in total. The number of nitrogens with one attached hydrogen (secondary N) is 1. The molecule has 0 atom stereocenters. The first-order chi connectivity index (χ1) is 8.67. The van der Waals surface area contributed by atoms with Crippen molar-refractivity contribution >= 4 is 38.1 Å². The number of carbonyl (C=O) groups excluding carboxylic acids is 2. The summed E-state index contributed by atoms with van der Waals surface area (Å²) >= 11 is 0.935. The van der Waals surface area contributed by atoms with Gasteiger partial charge in [0.25, 0.3) is 0 Å². The molecule has 0 radical (unpaired) electrons. The van der Waals surface area contributed by atoms with E-state index in [0.717, 1.165) is 17.6 Å². The van der Waals surface area contributed by atoms with Gasteiger partial charge in [-0.05, 0) is 26.3 Å². The molecule has 1 heterocycles. The Bertz CT molecular complexity index is 615. The Hall–Kier alpha value is -1.41. The van der Waals surface area contributed by atoms with Gasteiger partial charge in [0, 0.05) is 0 Å². The number of Topliss-reactive ketones (excluding diaryl/α,β-unsaturated/α-hetero) is 1. The van der Waals surface area contributed by atoms with Crippen LogP contribution in [0.4, 0.5) is 5.00 Å². The highest BCUT2D eigenvalue weighted by Gasteiger charge is 2.25. The van der Waals surface area contributed by atoms with Crippen molar-refractivity contribution in [3.8, 4) is 0 Å². The van der Waals surface area contributed by atoms with Gasteiger partial charge in [0.05, 0.1) is 23.3 Å². The molecule has 0 aromatic carbocycles. The first kappa shape index (κ1) is 15.6. The number of esters is 1. The molecule has 6 nitrogen and oxygen atoms in total. The van der Waals surface area contributed by atoms with Crippen LogP contribution >= 0.6 is 11.3 Å². The Morgan fingerprint density at radius 2 is 1.95 bits per heavy atom. The summed E-state index contributed by atoms with van der Waals surface area (Å²) in [6.45, 7) is 4.77. The van der Waals surface area contributed by atoms with Crippen LogP contribution in [-0.4, -0.2) is 33.0 Å². The van der Waals surface area contributed by atoms with E-state index in [1.54, 1.807) is 13.8 Å². The molecular formula is C11H15NO5S2. The van der Waals surface area contributed by atoms with Crippen LogP contribution in [-0.2, 0) is 14.8 Å². The zero-order valence-electron chi connectivity index (χ0n) is 11.1. The van der Waals surface area contributed by atoms with E-state index in [0.29, 0.717) is 10.4 Å². The van der Waals surface area contributed by atoms with Crippen LogP contribution < -0.4 is 4.72 Å². The largest absolute Gasteiger partial charge is 0.462 e. The summed E-state index contributed by atoms with van der Waals surface area (Å²) in [5.41, 5.74) is 0.532. The van der Waals surface area contributed by atoms with E-state index in [-0.39, 0.29) is 23.0 Å². The monoisotopic (exact) mass is 305 g/mol. The molecule has 0 amide bonds. The van der Waals surface area contributed by atoms with Crippen LogP contribution in [0.5, 0.6) is 0 Å². The van der Waals surface area contributed by atoms with Gasteiger partial charge < -0.3 is 4.74 Å². The zero-order chi connectivity index (χ0) is 14.8. The topological polar surface area (TPSA) is 89.5 Å². The smallest absolute Gasteiger partial charge is 0.341 e. The number of hydrogen-bond donors (Lipinski definition) is 1. The lowest BCUT2D eigenvalue weighted by atomic mass is 10.1. The van der Waals surface area contributed by atoms with Gasteiger partial charge in [0.1, 0.15) is 5.00 Å². The van der Waals surface area contributed by atoms with E-state index in [9.17, 15) is 18.0 Å². The fourth-order valence-electron chi connectivity index (χ4n) is 1.54. The number of carbonyl (C=O) groups is 2. The second-order valence-corrected chi connectivity index (χ2v) is 6.68. The summed E-state index contributed by atoms with van der Waals surface area (Å²) in [4.78, 5) is 23.6. The quantitative estimate of drug-likeness (QED) is 0.662. The Morgan fingerprint density at radius 3 is 2.37 bits per heavy atom. The minimum atomic E-state index is -3.54. The van der Waals surface area contributed by atoms with Gasteiger partial charge in [-0.15, -0.1) is 11.3 Å². The minimum absolute atomic E-state index is 0.0995. The summed E-state index contributed by atoms with van der Waals surface area (Å²) in [5.74, 6) is -0.871. The molecule has 0 fully saturated rings. The van der Waals surface area contributed by atoms with Gasteiger partial charge in [-0.1, -0.05) is 0 Å². The normalized spacial score (nSPS) is 11.2. The van der Waals surface area contributed by atoms with Crippen molar-refractivity contribution in [3.05, 3.63) is 16.0 Å². The maximum Gasteiger partial charge on any atom is 0.341 e. The van der Waals surface area contributed by atoms with Crippen molar-refractivity contribution in [1.29, 1.82) is 0 Å². The van der Waals surface area contributed by atoms with Gasteiger partial charge in [-0.25, -0.2) is 13.2 Å². The number of rotatable bonds is 5. The molecule has 0 aliphatic heterocycles. The summed E-state index contributed by atoms with van der Waals surface area (Å²) in [5, 5.41) is 0.114. The van der Waals surface area contributed by atoms with Gasteiger partial charge in [-0.2, -0.15) is 0 Å². The molecule has 0 saturated carbocycles. The summed E-state index contributed by atoms with van der Waals surface area (Å²) < 4.78 is 29.7. The van der Waals surface area contributed by atoms with Crippen molar-refractivity contribution in [3.63, 3.8) is 0 Å². The van der Waals surface area contributed by atoms with E-state index in [2.05, 4.69) is 4.72 Å². The molecular weight excluding hydrogens is 290 g/mol. The average Bonchev–Trinajstić information content (AvgIpc) is 2.53. The maximum atomic E-state index is 11.8. The second kappa shape index (κ2) is 5.70. The average molecular weight is 305 g/mol. The number of sulfonamides is 1. The minimum Gasteiger partial charge on any atom is -0.462 e. The van der Waals surface area contributed by atoms with Crippen LogP contribution in [0.15, 0.2) is 0 Å². The first-order valence-corrected chi connectivity index (χ1v) is 8.17.